The Morgan fingerprint density at radius 1 is 1.07 bits per heavy atom. The summed E-state index contributed by atoms with van der Waals surface area (Å²) in [4.78, 5) is 8.82. The van der Waals surface area contributed by atoms with Gasteiger partial charge in [-0.25, -0.2) is 9.98 Å². The van der Waals surface area contributed by atoms with Crippen molar-refractivity contribution in [3.63, 3.8) is 0 Å². The molecule has 0 fully saturated rings. The molecule has 0 radical (unpaired) electrons. The van der Waals surface area contributed by atoms with Crippen molar-refractivity contribution < 1.29 is 4.74 Å². The van der Waals surface area contributed by atoms with Crippen LogP contribution in [-0.2, 0) is 19.6 Å². The molecule has 1 heterocycles. The van der Waals surface area contributed by atoms with Crippen LogP contribution in [0, 0.1) is 0 Å². The Balaban J connectivity index is 0.00000300. The lowest BCUT2D eigenvalue weighted by Crippen LogP contribution is -2.36. The smallest absolute Gasteiger partial charge is 0.191 e. The van der Waals surface area contributed by atoms with E-state index in [1.54, 1.807) is 13.3 Å². The third-order valence-corrected chi connectivity index (χ3v) is 4.27. The van der Waals surface area contributed by atoms with Gasteiger partial charge in [0.2, 0.25) is 0 Å². The number of aromatic nitrogens is 2. The highest BCUT2D eigenvalue weighted by Crippen LogP contribution is 2.12. The number of imidazole rings is 1. The van der Waals surface area contributed by atoms with Crippen LogP contribution in [0.3, 0.4) is 0 Å². The van der Waals surface area contributed by atoms with Crippen LogP contribution < -0.4 is 15.4 Å². The molecule has 0 spiro atoms. The van der Waals surface area contributed by atoms with Gasteiger partial charge in [-0.15, -0.1) is 24.0 Å². The van der Waals surface area contributed by atoms with E-state index < -0.39 is 0 Å². The first kappa shape index (κ1) is 22.7. The van der Waals surface area contributed by atoms with E-state index in [2.05, 4.69) is 57.4 Å². The summed E-state index contributed by atoms with van der Waals surface area (Å²) < 4.78 is 7.34. The van der Waals surface area contributed by atoms with Gasteiger partial charge in [0.15, 0.2) is 5.96 Å². The van der Waals surface area contributed by atoms with Crippen LogP contribution in [0.2, 0.25) is 0 Å². The Bertz CT molecular complexity index is 896. The van der Waals surface area contributed by atoms with E-state index in [9.17, 15) is 0 Å². The Kier molecular flexibility index (Phi) is 9.49. The molecule has 0 amide bonds. The van der Waals surface area contributed by atoms with Crippen molar-refractivity contribution in [2.24, 2.45) is 4.99 Å². The van der Waals surface area contributed by atoms with Gasteiger partial charge in [-0.05, 0) is 35.7 Å². The number of nitrogens with one attached hydrogen (secondary N) is 2. The van der Waals surface area contributed by atoms with E-state index in [4.69, 9.17) is 9.73 Å². The summed E-state index contributed by atoms with van der Waals surface area (Å²) in [5.74, 6) is 1.65. The van der Waals surface area contributed by atoms with Crippen molar-refractivity contribution in [1.82, 2.24) is 20.2 Å². The van der Waals surface area contributed by atoms with Crippen molar-refractivity contribution in [3.8, 4) is 5.75 Å². The molecular weight excluding hydrogens is 477 g/mol. The largest absolute Gasteiger partial charge is 0.497 e. The molecule has 0 atom stereocenters. The van der Waals surface area contributed by atoms with E-state index >= 15 is 0 Å². The molecule has 2 N–H and O–H groups in total. The molecule has 2 aromatic carbocycles. The molecule has 0 aliphatic rings. The first-order chi connectivity index (χ1) is 13.8. The second-order valence-electron chi connectivity index (χ2n) is 6.46. The van der Waals surface area contributed by atoms with Gasteiger partial charge in [0.05, 0.1) is 20.0 Å². The van der Waals surface area contributed by atoms with Gasteiger partial charge < -0.3 is 19.9 Å². The topological polar surface area (TPSA) is 63.5 Å². The molecule has 154 valence electrons. The zero-order valence-corrected chi connectivity index (χ0v) is 19.2. The molecule has 0 saturated heterocycles. The number of halogens is 1. The second-order valence-corrected chi connectivity index (χ2v) is 6.46. The third-order valence-electron chi connectivity index (χ3n) is 4.27. The first-order valence-corrected chi connectivity index (χ1v) is 9.45. The molecular formula is C22H28IN5O. The maximum atomic E-state index is 5.28. The van der Waals surface area contributed by atoms with Crippen LogP contribution in [0.4, 0.5) is 0 Å². The lowest BCUT2D eigenvalue weighted by molar-refractivity contribution is 0.414. The van der Waals surface area contributed by atoms with E-state index in [1.165, 1.54) is 11.1 Å². The van der Waals surface area contributed by atoms with Crippen LogP contribution in [0.1, 0.15) is 23.6 Å². The minimum atomic E-state index is 0. The highest BCUT2D eigenvalue weighted by molar-refractivity contribution is 14.0. The van der Waals surface area contributed by atoms with Gasteiger partial charge in [0.1, 0.15) is 5.75 Å². The monoisotopic (exact) mass is 505 g/mol. The van der Waals surface area contributed by atoms with Crippen molar-refractivity contribution >= 4 is 29.9 Å². The number of guanidine groups is 1. The Morgan fingerprint density at radius 2 is 1.86 bits per heavy atom. The SMILES string of the molecule is CCNC(=NCc1cccc(Cn2ccnc2)c1)NCc1cccc(OC)c1.I. The van der Waals surface area contributed by atoms with Crippen molar-refractivity contribution in [1.29, 1.82) is 0 Å². The number of nitrogens with zero attached hydrogens (tertiary/aromatic N) is 3. The number of hydrogen-bond acceptors (Lipinski definition) is 3. The number of aliphatic imine (C=N–C) groups is 1. The van der Waals surface area contributed by atoms with E-state index in [0.29, 0.717) is 13.1 Å². The average Bonchev–Trinajstić information content (AvgIpc) is 3.23. The molecule has 0 bridgehead atoms. The summed E-state index contributed by atoms with van der Waals surface area (Å²) in [7, 11) is 1.68. The van der Waals surface area contributed by atoms with Gasteiger partial charge in [-0.2, -0.15) is 0 Å². The van der Waals surface area contributed by atoms with E-state index in [0.717, 1.165) is 30.4 Å². The fourth-order valence-corrected chi connectivity index (χ4v) is 2.90. The van der Waals surface area contributed by atoms with Crippen molar-refractivity contribution in [2.45, 2.75) is 26.6 Å². The van der Waals surface area contributed by atoms with Gasteiger partial charge in [0.25, 0.3) is 0 Å². The highest BCUT2D eigenvalue weighted by Gasteiger charge is 2.01. The Morgan fingerprint density at radius 3 is 2.62 bits per heavy atom. The van der Waals surface area contributed by atoms with Crippen LogP contribution in [0.15, 0.2) is 72.2 Å². The first-order valence-electron chi connectivity index (χ1n) is 9.45. The normalized spacial score (nSPS) is 10.9. The maximum absolute atomic E-state index is 5.28. The van der Waals surface area contributed by atoms with Crippen molar-refractivity contribution in [3.05, 3.63) is 83.9 Å². The summed E-state index contributed by atoms with van der Waals surface area (Å²) in [5.41, 5.74) is 3.56. The molecule has 0 aliphatic carbocycles. The molecule has 3 aromatic rings. The molecule has 29 heavy (non-hydrogen) atoms. The lowest BCUT2D eigenvalue weighted by atomic mass is 10.1. The molecule has 3 rings (SSSR count). The predicted octanol–water partition coefficient (Wildman–Crippen LogP) is 3.81. The fourth-order valence-electron chi connectivity index (χ4n) is 2.90. The summed E-state index contributed by atoms with van der Waals surface area (Å²) in [6.07, 6.45) is 5.60. The summed E-state index contributed by atoms with van der Waals surface area (Å²) in [6, 6.07) is 16.5. The van der Waals surface area contributed by atoms with Crippen LogP contribution in [0.25, 0.3) is 0 Å². The molecule has 7 heteroatoms. The summed E-state index contributed by atoms with van der Waals surface area (Å²) in [6.45, 7) is 4.99. The fraction of sp³-hybridized carbons (Fsp3) is 0.273. The predicted molar refractivity (Wildman–Crippen MR) is 128 cm³/mol. The average molecular weight is 505 g/mol. The Labute approximate surface area is 189 Å². The molecule has 6 nitrogen and oxygen atoms in total. The number of benzene rings is 2. The third kappa shape index (κ3) is 7.41. The summed E-state index contributed by atoms with van der Waals surface area (Å²) >= 11 is 0. The van der Waals surface area contributed by atoms with Gasteiger partial charge in [-0.3, -0.25) is 0 Å². The lowest BCUT2D eigenvalue weighted by Gasteiger charge is -2.12. The number of rotatable bonds is 8. The molecule has 0 aliphatic heterocycles. The van der Waals surface area contributed by atoms with Gasteiger partial charge >= 0.3 is 0 Å². The van der Waals surface area contributed by atoms with Crippen LogP contribution in [0.5, 0.6) is 5.75 Å². The van der Waals surface area contributed by atoms with Crippen molar-refractivity contribution in [2.75, 3.05) is 13.7 Å². The minimum Gasteiger partial charge on any atom is -0.497 e. The van der Waals surface area contributed by atoms with Crippen LogP contribution in [-0.4, -0.2) is 29.2 Å². The number of hydrogen-bond donors (Lipinski definition) is 2. The van der Waals surface area contributed by atoms with Gasteiger partial charge in [0, 0.05) is 32.0 Å². The minimum absolute atomic E-state index is 0. The quantitative estimate of drug-likeness (QED) is 0.278. The molecule has 0 saturated carbocycles. The number of methoxy groups -OCH3 is 1. The molecule has 0 unspecified atom stereocenters. The van der Waals surface area contributed by atoms with Crippen LogP contribution >= 0.6 is 24.0 Å². The zero-order valence-electron chi connectivity index (χ0n) is 16.8. The number of ether oxygens (including phenoxy) is 1. The van der Waals surface area contributed by atoms with E-state index in [-0.39, 0.29) is 24.0 Å². The van der Waals surface area contributed by atoms with Gasteiger partial charge in [-0.1, -0.05) is 36.4 Å². The van der Waals surface area contributed by atoms with E-state index in [1.807, 2.05) is 30.7 Å². The molecule has 1 aromatic heterocycles. The maximum Gasteiger partial charge on any atom is 0.191 e. The standard InChI is InChI=1S/C22H27N5O.HI/c1-3-24-22(26-15-19-7-5-9-21(13-19)28-2)25-14-18-6-4-8-20(12-18)16-27-11-10-23-17-27;/h4-13,17H,3,14-16H2,1-2H3,(H2,24,25,26);1H. The highest BCUT2D eigenvalue weighted by atomic mass is 127. The zero-order chi connectivity index (χ0) is 19.6. The second kappa shape index (κ2) is 12.1. The summed E-state index contributed by atoms with van der Waals surface area (Å²) in [5, 5.41) is 6.68. The Hall–Kier alpha value is -2.55.